The van der Waals surface area contributed by atoms with Gasteiger partial charge in [-0.1, -0.05) is 18.5 Å². The number of nitrogens with zero attached hydrogens (tertiary/aromatic N) is 3. The van der Waals surface area contributed by atoms with E-state index in [2.05, 4.69) is 23.4 Å². The average Bonchev–Trinajstić information content (AvgIpc) is 2.72. The molecule has 4 nitrogen and oxygen atoms in total. The SMILES string of the molecule is CCCNC(C)(C#N)CCCCn1cc(Cl)c(C)n1. The summed E-state index contributed by atoms with van der Waals surface area (Å²) < 4.78 is 1.88. The first kappa shape index (κ1) is 16.0. The lowest BCUT2D eigenvalue weighted by atomic mass is 9.96. The number of aryl methyl sites for hydroxylation is 2. The summed E-state index contributed by atoms with van der Waals surface area (Å²) in [5.74, 6) is 0. The molecule has 0 aromatic carbocycles. The van der Waals surface area contributed by atoms with Crippen molar-refractivity contribution in [3.05, 3.63) is 16.9 Å². The highest BCUT2D eigenvalue weighted by molar-refractivity contribution is 6.31. The molecular formula is C14H23ClN4. The van der Waals surface area contributed by atoms with Crippen molar-refractivity contribution < 1.29 is 0 Å². The van der Waals surface area contributed by atoms with Gasteiger partial charge in [0, 0.05) is 12.7 Å². The Labute approximate surface area is 120 Å². The number of halogens is 1. The fourth-order valence-electron chi connectivity index (χ4n) is 1.95. The summed E-state index contributed by atoms with van der Waals surface area (Å²) in [6.07, 6.45) is 5.76. The minimum Gasteiger partial charge on any atom is -0.300 e. The van der Waals surface area contributed by atoms with Crippen LogP contribution in [0, 0.1) is 18.3 Å². The van der Waals surface area contributed by atoms with E-state index >= 15 is 0 Å². The van der Waals surface area contributed by atoms with Gasteiger partial charge in [0.2, 0.25) is 0 Å². The van der Waals surface area contributed by atoms with Gasteiger partial charge in [-0.2, -0.15) is 10.4 Å². The molecule has 0 aliphatic heterocycles. The number of nitriles is 1. The lowest BCUT2D eigenvalue weighted by molar-refractivity contribution is 0.393. The Bertz CT molecular complexity index is 416. The topological polar surface area (TPSA) is 53.6 Å². The Morgan fingerprint density at radius 3 is 2.79 bits per heavy atom. The Morgan fingerprint density at radius 1 is 1.53 bits per heavy atom. The van der Waals surface area contributed by atoms with E-state index in [9.17, 15) is 5.26 Å². The molecule has 0 amide bonds. The first-order chi connectivity index (χ1) is 9.00. The third kappa shape index (κ3) is 5.22. The maximum Gasteiger partial charge on any atom is 0.103 e. The maximum atomic E-state index is 9.22. The zero-order valence-corrected chi connectivity index (χ0v) is 12.8. The standard InChI is InChI=1S/C14H23ClN4/c1-4-8-17-14(3,11-16)7-5-6-9-19-10-13(15)12(2)18-19/h10,17H,4-9H2,1-3H3. The molecule has 1 aromatic heterocycles. The van der Waals surface area contributed by atoms with Crippen LogP contribution in [0.4, 0.5) is 0 Å². The van der Waals surface area contributed by atoms with E-state index < -0.39 is 5.54 Å². The molecule has 0 spiro atoms. The lowest BCUT2D eigenvalue weighted by Gasteiger charge is -2.22. The normalized spacial score (nSPS) is 14.1. The largest absolute Gasteiger partial charge is 0.300 e. The Balaban J connectivity index is 2.31. The zero-order valence-electron chi connectivity index (χ0n) is 12.0. The van der Waals surface area contributed by atoms with Crippen molar-refractivity contribution in [2.75, 3.05) is 6.54 Å². The van der Waals surface area contributed by atoms with Gasteiger partial charge in [0.1, 0.15) is 5.54 Å². The number of nitrogens with one attached hydrogen (secondary N) is 1. The molecule has 1 N–H and O–H groups in total. The average molecular weight is 283 g/mol. The van der Waals surface area contributed by atoms with E-state index in [1.807, 2.05) is 24.7 Å². The predicted molar refractivity (Wildman–Crippen MR) is 78.1 cm³/mol. The van der Waals surface area contributed by atoms with Gasteiger partial charge in [-0.3, -0.25) is 10.00 Å². The molecule has 106 valence electrons. The number of unbranched alkanes of at least 4 members (excludes halogenated alkanes) is 1. The Morgan fingerprint density at radius 2 is 2.26 bits per heavy atom. The van der Waals surface area contributed by atoms with Gasteiger partial charge in [0.25, 0.3) is 0 Å². The maximum absolute atomic E-state index is 9.22. The second kappa shape index (κ2) is 7.52. The van der Waals surface area contributed by atoms with Crippen LogP contribution in [0.2, 0.25) is 5.02 Å². The van der Waals surface area contributed by atoms with Gasteiger partial charge in [-0.15, -0.1) is 0 Å². The molecule has 1 aromatic rings. The van der Waals surface area contributed by atoms with Gasteiger partial charge >= 0.3 is 0 Å². The molecule has 1 heterocycles. The molecule has 0 saturated carbocycles. The number of rotatable bonds is 8. The van der Waals surface area contributed by atoms with Crippen LogP contribution in [0.15, 0.2) is 6.20 Å². The van der Waals surface area contributed by atoms with Crippen molar-refractivity contribution >= 4 is 11.6 Å². The van der Waals surface area contributed by atoms with Crippen molar-refractivity contribution in [3.8, 4) is 6.07 Å². The quantitative estimate of drug-likeness (QED) is 0.744. The van der Waals surface area contributed by atoms with E-state index in [0.29, 0.717) is 5.02 Å². The smallest absolute Gasteiger partial charge is 0.103 e. The van der Waals surface area contributed by atoms with Crippen LogP contribution < -0.4 is 5.32 Å². The minimum atomic E-state index is -0.409. The molecular weight excluding hydrogens is 260 g/mol. The van der Waals surface area contributed by atoms with Crippen molar-refractivity contribution in [1.29, 1.82) is 5.26 Å². The van der Waals surface area contributed by atoms with Crippen molar-refractivity contribution in [1.82, 2.24) is 15.1 Å². The summed E-state index contributed by atoms with van der Waals surface area (Å²) in [5.41, 5.74) is 0.460. The molecule has 0 aliphatic rings. The summed E-state index contributed by atoms with van der Waals surface area (Å²) in [5, 5.41) is 17.6. The molecule has 1 rings (SSSR count). The van der Waals surface area contributed by atoms with Crippen LogP contribution in [-0.2, 0) is 6.54 Å². The second-order valence-electron chi connectivity index (χ2n) is 5.15. The number of hydrogen-bond donors (Lipinski definition) is 1. The van der Waals surface area contributed by atoms with E-state index in [1.165, 1.54) is 0 Å². The van der Waals surface area contributed by atoms with E-state index in [0.717, 1.165) is 44.5 Å². The molecule has 0 radical (unpaired) electrons. The molecule has 0 bridgehead atoms. The lowest BCUT2D eigenvalue weighted by Crippen LogP contribution is -2.41. The van der Waals surface area contributed by atoms with Crippen molar-refractivity contribution in [2.24, 2.45) is 0 Å². The van der Waals surface area contributed by atoms with Gasteiger partial charge in [0.05, 0.1) is 16.8 Å². The third-order valence-corrected chi connectivity index (χ3v) is 3.58. The summed E-state index contributed by atoms with van der Waals surface area (Å²) >= 11 is 5.96. The molecule has 1 unspecified atom stereocenters. The highest BCUT2D eigenvalue weighted by Gasteiger charge is 2.21. The molecule has 0 aliphatic carbocycles. The van der Waals surface area contributed by atoms with Crippen LogP contribution in [0.5, 0.6) is 0 Å². The van der Waals surface area contributed by atoms with Gasteiger partial charge in [-0.25, -0.2) is 0 Å². The van der Waals surface area contributed by atoms with Crippen LogP contribution in [0.3, 0.4) is 0 Å². The first-order valence-electron chi connectivity index (χ1n) is 6.86. The summed E-state index contributed by atoms with van der Waals surface area (Å²) in [4.78, 5) is 0. The fourth-order valence-corrected chi connectivity index (χ4v) is 2.10. The third-order valence-electron chi connectivity index (χ3n) is 3.21. The highest BCUT2D eigenvalue weighted by Crippen LogP contribution is 2.15. The van der Waals surface area contributed by atoms with Crippen LogP contribution in [0.25, 0.3) is 0 Å². The highest BCUT2D eigenvalue weighted by atomic mass is 35.5. The van der Waals surface area contributed by atoms with E-state index in [1.54, 1.807) is 0 Å². The summed E-state index contributed by atoms with van der Waals surface area (Å²) in [7, 11) is 0. The Kier molecular flexibility index (Phi) is 6.33. The van der Waals surface area contributed by atoms with Crippen LogP contribution >= 0.6 is 11.6 Å². The van der Waals surface area contributed by atoms with Crippen molar-refractivity contribution in [3.63, 3.8) is 0 Å². The van der Waals surface area contributed by atoms with Crippen molar-refractivity contribution in [2.45, 2.75) is 58.5 Å². The zero-order chi connectivity index (χ0) is 14.3. The van der Waals surface area contributed by atoms with Crippen LogP contribution in [0.1, 0.15) is 45.2 Å². The van der Waals surface area contributed by atoms with Gasteiger partial charge in [0.15, 0.2) is 0 Å². The summed E-state index contributed by atoms with van der Waals surface area (Å²) in [6, 6.07) is 2.37. The Hall–Kier alpha value is -1.05. The first-order valence-corrected chi connectivity index (χ1v) is 7.24. The second-order valence-corrected chi connectivity index (χ2v) is 5.56. The monoisotopic (exact) mass is 282 g/mol. The number of hydrogen-bond acceptors (Lipinski definition) is 3. The van der Waals surface area contributed by atoms with E-state index in [-0.39, 0.29) is 0 Å². The molecule has 5 heteroatoms. The van der Waals surface area contributed by atoms with Crippen LogP contribution in [-0.4, -0.2) is 21.9 Å². The predicted octanol–water partition coefficient (Wildman–Crippen LogP) is 3.30. The molecule has 0 saturated heterocycles. The van der Waals surface area contributed by atoms with E-state index in [4.69, 9.17) is 11.6 Å². The molecule has 0 fully saturated rings. The molecule has 1 atom stereocenters. The molecule has 19 heavy (non-hydrogen) atoms. The summed E-state index contributed by atoms with van der Waals surface area (Å²) in [6.45, 7) is 7.72. The van der Waals surface area contributed by atoms with Gasteiger partial charge < -0.3 is 0 Å². The minimum absolute atomic E-state index is 0.409. The fraction of sp³-hybridized carbons (Fsp3) is 0.714. The van der Waals surface area contributed by atoms with Gasteiger partial charge in [-0.05, 0) is 46.1 Å². The number of aromatic nitrogens is 2.